The molecule has 1 atom stereocenters. The average Bonchev–Trinajstić information content (AvgIpc) is 2.94. The van der Waals surface area contributed by atoms with E-state index in [0.717, 1.165) is 11.1 Å². The zero-order chi connectivity index (χ0) is 27.1. The number of carbonyl (C=O) groups excluding carboxylic acids is 2. The summed E-state index contributed by atoms with van der Waals surface area (Å²) in [4.78, 5) is 30.3. The number of halogens is 1. The predicted molar refractivity (Wildman–Crippen MR) is 147 cm³/mol. The van der Waals surface area contributed by atoms with Gasteiger partial charge in [-0.05, 0) is 48.4 Å². The summed E-state index contributed by atoms with van der Waals surface area (Å²) in [6.45, 7) is 3.33. The van der Waals surface area contributed by atoms with Gasteiger partial charge in [-0.25, -0.2) is 0 Å². The van der Waals surface area contributed by atoms with Crippen molar-refractivity contribution < 1.29 is 23.8 Å². The van der Waals surface area contributed by atoms with E-state index in [1.54, 1.807) is 54.3 Å². The summed E-state index contributed by atoms with van der Waals surface area (Å²) in [5, 5.41) is 0.646. The molecule has 7 nitrogen and oxygen atoms in total. The highest BCUT2D eigenvalue weighted by molar-refractivity contribution is 6.31. The molecular formula is C30H33ClN2O5. The van der Waals surface area contributed by atoms with Crippen molar-refractivity contribution in [2.45, 2.75) is 25.5 Å². The molecule has 0 unspecified atom stereocenters. The van der Waals surface area contributed by atoms with Crippen molar-refractivity contribution in [1.82, 2.24) is 9.80 Å². The van der Waals surface area contributed by atoms with E-state index in [0.29, 0.717) is 35.2 Å². The lowest BCUT2D eigenvalue weighted by atomic mass is 9.96. The number of methoxy groups -OCH3 is 1. The van der Waals surface area contributed by atoms with Crippen molar-refractivity contribution in [1.29, 1.82) is 0 Å². The van der Waals surface area contributed by atoms with Gasteiger partial charge < -0.3 is 24.0 Å². The molecule has 3 aromatic rings. The van der Waals surface area contributed by atoms with Crippen molar-refractivity contribution >= 4 is 23.4 Å². The van der Waals surface area contributed by atoms with E-state index < -0.39 is 5.60 Å². The van der Waals surface area contributed by atoms with Crippen LogP contribution in [0.2, 0.25) is 5.02 Å². The zero-order valence-electron chi connectivity index (χ0n) is 22.0. The van der Waals surface area contributed by atoms with Crippen molar-refractivity contribution in [3.8, 4) is 11.5 Å². The minimum atomic E-state index is -1.04. The lowest BCUT2D eigenvalue weighted by Gasteiger charge is -2.42. The van der Waals surface area contributed by atoms with Gasteiger partial charge in [-0.3, -0.25) is 9.59 Å². The second-order valence-electron chi connectivity index (χ2n) is 9.57. The molecule has 1 aliphatic rings. The SMILES string of the molecule is COc1ccccc1C(=O)N1CCO[C@](COc2ccc(Cl)c(C)c2)(CC(=O)N(C)Cc2ccccc2)C1. The van der Waals surface area contributed by atoms with E-state index in [1.807, 2.05) is 49.4 Å². The summed E-state index contributed by atoms with van der Waals surface area (Å²) >= 11 is 6.18. The summed E-state index contributed by atoms with van der Waals surface area (Å²) in [7, 11) is 3.31. The molecule has 1 saturated heterocycles. The normalized spacial score (nSPS) is 17.1. The maximum absolute atomic E-state index is 13.5. The third-order valence-corrected chi connectivity index (χ3v) is 7.09. The number of rotatable bonds is 9. The van der Waals surface area contributed by atoms with Crippen LogP contribution in [0.4, 0.5) is 0 Å². The molecule has 38 heavy (non-hydrogen) atoms. The molecule has 1 fully saturated rings. The molecule has 8 heteroatoms. The maximum atomic E-state index is 13.5. The first-order valence-electron chi connectivity index (χ1n) is 12.5. The Kier molecular flexibility index (Phi) is 8.92. The maximum Gasteiger partial charge on any atom is 0.257 e. The highest BCUT2D eigenvalue weighted by Gasteiger charge is 2.42. The summed E-state index contributed by atoms with van der Waals surface area (Å²) in [6.07, 6.45) is 0.0542. The number of carbonyl (C=O) groups is 2. The van der Waals surface area contributed by atoms with Gasteiger partial charge >= 0.3 is 0 Å². The Morgan fingerprint density at radius 3 is 2.55 bits per heavy atom. The van der Waals surface area contributed by atoms with E-state index in [2.05, 4.69) is 0 Å². The molecule has 0 saturated carbocycles. The third kappa shape index (κ3) is 6.65. The molecule has 0 aromatic heterocycles. The van der Waals surface area contributed by atoms with Crippen molar-refractivity contribution in [3.63, 3.8) is 0 Å². The van der Waals surface area contributed by atoms with Crippen LogP contribution in [0.3, 0.4) is 0 Å². The Morgan fingerprint density at radius 2 is 1.82 bits per heavy atom. The smallest absolute Gasteiger partial charge is 0.257 e. The van der Waals surface area contributed by atoms with E-state index in [9.17, 15) is 9.59 Å². The number of amides is 2. The Morgan fingerprint density at radius 1 is 1.08 bits per heavy atom. The van der Waals surface area contributed by atoms with Crippen LogP contribution in [0.15, 0.2) is 72.8 Å². The van der Waals surface area contributed by atoms with Crippen LogP contribution in [-0.2, 0) is 16.1 Å². The van der Waals surface area contributed by atoms with Crippen LogP contribution in [0.5, 0.6) is 11.5 Å². The third-order valence-electron chi connectivity index (χ3n) is 6.67. The standard InChI is InChI=1S/C30H33ClN2O5/c1-22-17-24(13-14-26(22)31)37-21-30(18-28(34)32(2)19-23-9-5-4-6-10-23)20-33(15-16-38-30)29(35)25-11-7-8-12-27(25)36-3/h4-14,17H,15-16,18-21H2,1-3H3/t30-/m1/s1. The highest BCUT2D eigenvalue weighted by atomic mass is 35.5. The first kappa shape index (κ1) is 27.5. The molecule has 0 radical (unpaired) electrons. The number of morpholine rings is 1. The van der Waals surface area contributed by atoms with Crippen molar-refractivity contribution in [2.75, 3.05) is 40.5 Å². The lowest BCUT2D eigenvalue weighted by Crippen LogP contribution is -2.58. The second kappa shape index (κ2) is 12.3. The zero-order valence-corrected chi connectivity index (χ0v) is 22.7. The van der Waals surface area contributed by atoms with Crippen LogP contribution >= 0.6 is 11.6 Å². The summed E-state index contributed by atoms with van der Waals surface area (Å²) in [6, 6.07) is 22.3. The van der Waals surface area contributed by atoms with Gasteiger partial charge in [0.2, 0.25) is 5.91 Å². The Balaban J connectivity index is 1.56. The van der Waals surface area contributed by atoms with Crippen LogP contribution < -0.4 is 9.47 Å². The molecule has 4 rings (SSSR count). The molecule has 1 heterocycles. The molecule has 0 N–H and O–H groups in total. The van der Waals surface area contributed by atoms with Crippen LogP contribution in [0, 0.1) is 6.92 Å². The molecular weight excluding hydrogens is 504 g/mol. The van der Waals surface area contributed by atoms with E-state index >= 15 is 0 Å². The largest absolute Gasteiger partial charge is 0.496 e. The second-order valence-corrected chi connectivity index (χ2v) is 9.98. The highest BCUT2D eigenvalue weighted by Crippen LogP contribution is 2.29. The van der Waals surface area contributed by atoms with Gasteiger partial charge in [0.05, 0.1) is 32.2 Å². The number of nitrogens with zero attached hydrogens (tertiary/aromatic N) is 2. The topological polar surface area (TPSA) is 68.3 Å². The first-order valence-corrected chi connectivity index (χ1v) is 12.9. The van der Waals surface area contributed by atoms with E-state index in [4.69, 9.17) is 25.8 Å². The van der Waals surface area contributed by atoms with Gasteiger partial charge in [0, 0.05) is 25.2 Å². The minimum absolute atomic E-state index is 0.0542. The quantitative estimate of drug-likeness (QED) is 0.385. The van der Waals surface area contributed by atoms with Crippen LogP contribution in [0.1, 0.15) is 27.9 Å². The number of aryl methyl sites for hydroxylation is 1. The molecule has 0 aliphatic carbocycles. The molecule has 1 aliphatic heterocycles. The summed E-state index contributed by atoms with van der Waals surface area (Å²) in [5.41, 5.74) is 1.34. The summed E-state index contributed by atoms with van der Waals surface area (Å²) < 4.78 is 17.8. The van der Waals surface area contributed by atoms with Gasteiger partial charge in [0.15, 0.2) is 0 Å². The molecule has 2 amide bonds. The first-order chi connectivity index (χ1) is 18.3. The number of ether oxygens (including phenoxy) is 3. The summed E-state index contributed by atoms with van der Waals surface area (Å²) in [5.74, 6) is 0.841. The fraction of sp³-hybridized carbons (Fsp3) is 0.333. The predicted octanol–water partition coefficient (Wildman–Crippen LogP) is 5.00. The van der Waals surface area contributed by atoms with Crippen LogP contribution in [-0.4, -0.2) is 67.7 Å². The molecule has 0 spiro atoms. The van der Waals surface area contributed by atoms with Gasteiger partial charge in [-0.1, -0.05) is 54.1 Å². The fourth-order valence-electron chi connectivity index (χ4n) is 4.53. The molecule has 200 valence electrons. The lowest BCUT2D eigenvalue weighted by molar-refractivity contribution is -0.152. The molecule has 0 bridgehead atoms. The number of benzene rings is 3. The van der Waals surface area contributed by atoms with Crippen molar-refractivity contribution in [2.24, 2.45) is 0 Å². The van der Waals surface area contributed by atoms with Crippen molar-refractivity contribution in [3.05, 3.63) is 94.5 Å². The monoisotopic (exact) mass is 536 g/mol. The minimum Gasteiger partial charge on any atom is -0.496 e. The van der Waals surface area contributed by atoms with Crippen LogP contribution in [0.25, 0.3) is 0 Å². The number of hydrogen-bond donors (Lipinski definition) is 0. The number of para-hydroxylation sites is 1. The number of hydrogen-bond acceptors (Lipinski definition) is 5. The Labute approximate surface area is 228 Å². The fourth-order valence-corrected chi connectivity index (χ4v) is 4.65. The molecule has 3 aromatic carbocycles. The van der Waals surface area contributed by atoms with Gasteiger partial charge in [-0.2, -0.15) is 0 Å². The Hall–Kier alpha value is -3.55. The van der Waals surface area contributed by atoms with E-state index in [1.165, 1.54) is 0 Å². The van der Waals surface area contributed by atoms with E-state index in [-0.39, 0.29) is 38.0 Å². The van der Waals surface area contributed by atoms with Gasteiger partial charge in [0.25, 0.3) is 5.91 Å². The Bertz CT molecular complexity index is 1270. The average molecular weight is 537 g/mol. The van der Waals surface area contributed by atoms with Gasteiger partial charge in [-0.15, -0.1) is 0 Å². The van der Waals surface area contributed by atoms with Gasteiger partial charge in [0.1, 0.15) is 23.7 Å².